The number of benzene rings is 1. The van der Waals surface area contributed by atoms with Gasteiger partial charge >= 0.3 is 5.97 Å². The van der Waals surface area contributed by atoms with Crippen LogP contribution in [0.4, 0.5) is 11.8 Å². The molecule has 12 nitrogen and oxygen atoms in total. The molecule has 0 unspecified atom stereocenters. The molecule has 0 amide bonds. The maximum atomic E-state index is 12.7. The van der Waals surface area contributed by atoms with Gasteiger partial charge in [-0.15, -0.1) is 0 Å². The molecule has 0 saturated carbocycles. The van der Waals surface area contributed by atoms with Crippen LogP contribution in [0.2, 0.25) is 0 Å². The van der Waals surface area contributed by atoms with E-state index in [-0.39, 0.29) is 17.9 Å². The number of aliphatic carboxylic acids is 1. The zero-order valence-corrected chi connectivity index (χ0v) is 24.1. The summed E-state index contributed by atoms with van der Waals surface area (Å²) in [5.74, 6) is 1.18. The number of anilines is 2. The lowest BCUT2D eigenvalue weighted by Crippen LogP contribution is -2.33. The molecular weight excluding hydrogens is 526 g/mol. The number of hydrogen-bond acceptors (Lipinski definition) is 10. The molecule has 41 heavy (non-hydrogen) atoms. The van der Waals surface area contributed by atoms with E-state index in [4.69, 9.17) is 14.2 Å². The van der Waals surface area contributed by atoms with Gasteiger partial charge in [0, 0.05) is 37.7 Å². The highest BCUT2D eigenvalue weighted by Crippen LogP contribution is 2.33. The van der Waals surface area contributed by atoms with Gasteiger partial charge in [-0.05, 0) is 38.8 Å². The van der Waals surface area contributed by atoms with Crippen molar-refractivity contribution >= 4 is 17.7 Å². The summed E-state index contributed by atoms with van der Waals surface area (Å²) in [5.41, 5.74) is 3.35. The molecule has 4 rings (SSSR count). The SMILES string of the molecule is CCc1nc(OC)c(-c2ccc(C[C@H](Nc3nc(N(CC)CC)ncc3-c3c(C)noc3C)C(=O)O)cc2)c(=O)[nH]1. The van der Waals surface area contributed by atoms with Crippen LogP contribution >= 0.6 is 0 Å². The van der Waals surface area contributed by atoms with Crippen LogP contribution < -0.4 is 20.5 Å². The second kappa shape index (κ2) is 12.6. The van der Waals surface area contributed by atoms with Gasteiger partial charge in [-0.2, -0.15) is 9.97 Å². The van der Waals surface area contributed by atoms with E-state index >= 15 is 0 Å². The number of aromatic nitrogens is 5. The molecule has 0 aliphatic carbocycles. The van der Waals surface area contributed by atoms with Crippen molar-refractivity contribution in [3.63, 3.8) is 0 Å². The van der Waals surface area contributed by atoms with E-state index in [0.717, 1.165) is 5.56 Å². The monoisotopic (exact) mass is 561 g/mol. The Morgan fingerprint density at radius 1 is 1.12 bits per heavy atom. The van der Waals surface area contributed by atoms with E-state index in [1.165, 1.54) is 7.11 Å². The summed E-state index contributed by atoms with van der Waals surface area (Å²) in [6.45, 7) is 10.9. The quantitative estimate of drug-likeness (QED) is 0.229. The Balaban J connectivity index is 1.67. The highest BCUT2D eigenvalue weighted by Gasteiger charge is 2.25. The average Bonchev–Trinajstić information content (AvgIpc) is 3.30. The standard InChI is InChI=1S/C29H35N7O5/c1-7-22-32-26(37)24(27(33-22)40-6)19-12-10-18(11-13-19)14-21(28(38)39)31-25-20(23-16(4)35-41-17(23)5)15-30-29(34-25)36(8-2)9-3/h10-13,15,21H,7-9,14H2,1-6H3,(H,38,39)(H,30,31,34)(H,32,33,37)/t21-/m0/s1. The number of ether oxygens (including phenoxy) is 1. The maximum Gasteiger partial charge on any atom is 0.326 e. The van der Waals surface area contributed by atoms with Gasteiger partial charge < -0.3 is 29.6 Å². The first-order valence-electron chi connectivity index (χ1n) is 13.5. The van der Waals surface area contributed by atoms with Gasteiger partial charge in [-0.3, -0.25) is 4.79 Å². The highest BCUT2D eigenvalue weighted by atomic mass is 16.5. The molecule has 3 N–H and O–H groups in total. The predicted molar refractivity (Wildman–Crippen MR) is 156 cm³/mol. The molecule has 0 aliphatic heterocycles. The lowest BCUT2D eigenvalue weighted by Gasteiger charge is -2.22. The zero-order valence-electron chi connectivity index (χ0n) is 24.1. The fourth-order valence-electron chi connectivity index (χ4n) is 4.67. The Bertz CT molecular complexity index is 1560. The number of nitrogens with one attached hydrogen (secondary N) is 2. The van der Waals surface area contributed by atoms with Gasteiger partial charge in [0.15, 0.2) is 0 Å². The van der Waals surface area contributed by atoms with E-state index in [0.29, 0.717) is 70.8 Å². The van der Waals surface area contributed by atoms with Crippen LogP contribution in [0, 0.1) is 13.8 Å². The van der Waals surface area contributed by atoms with Gasteiger partial charge in [-0.25, -0.2) is 9.78 Å². The summed E-state index contributed by atoms with van der Waals surface area (Å²) in [7, 11) is 1.47. The van der Waals surface area contributed by atoms with Crippen molar-refractivity contribution in [3.8, 4) is 28.1 Å². The Kier molecular flexibility index (Phi) is 9.00. The zero-order chi connectivity index (χ0) is 29.7. The van der Waals surface area contributed by atoms with Crippen molar-refractivity contribution < 1.29 is 19.2 Å². The fourth-order valence-corrected chi connectivity index (χ4v) is 4.67. The number of rotatable bonds is 12. The van der Waals surface area contributed by atoms with E-state index < -0.39 is 12.0 Å². The number of hydrogen-bond donors (Lipinski definition) is 3. The third kappa shape index (κ3) is 6.21. The van der Waals surface area contributed by atoms with Crippen LogP contribution in [0.1, 0.15) is 43.6 Å². The van der Waals surface area contributed by atoms with Gasteiger partial charge in [0.05, 0.1) is 18.4 Å². The third-order valence-corrected chi connectivity index (χ3v) is 6.88. The summed E-state index contributed by atoms with van der Waals surface area (Å²) < 4.78 is 10.7. The third-order valence-electron chi connectivity index (χ3n) is 6.88. The van der Waals surface area contributed by atoms with E-state index in [1.54, 1.807) is 37.4 Å². The minimum absolute atomic E-state index is 0.155. The van der Waals surface area contributed by atoms with Gasteiger partial charge in [0.1, 0.15) is 29.0 Å². The average molecular weight is 562 g/mol. The van der Waals surface area contributed by atoms with Crippen molar-refractivity contribution in [2.24, 2.45) is 0 Å². The van der Waals surface area contributed by atoms with Crippen molar-refractivity contribution in [2.75, 3.05) is 30.4 Å². The molecule has 0 aliphatic rings. The molecule has 0 bridgehead atoms. The lowest BCUT2D eigenvalue weighted by atomic mass is 10.0. The number of nitrogens with zero attached hydrogens (tertiary/aromatic N) is 5. The van der Waals surface area contributed by atoms with E-state index in [9.17, 15) is 14.7 Å². The van der Waals surface area contributed by atoms with Crippen LogP contribution in [-0.2, 0) is 17.6 Å². The van der Waals surface area contributed by atoms with Crippen molar-refractivity contribution in [1.29, 1.82) is 0 Å². The minimum atomic E-state index is -1.04. The second-order valence-corrected chi connectivity index (χ2v) is 9.49. The molecule has 1 atom stereocenters. The largest absolute Gasteiger partial charge is 0.480 e. The van der Waals surface area contributed by atoms with Crippen molar-refractivity contribution in [1.82, 2.24) is 25.1 Å². The molecule has 1 aromatic carbocycles. The number of methoxy groups -OCH3 is 1. The number of carboxylic acid groups (broad SMARTS) is 1. The summed E-state index contributed by atoms with van der Waals surface area (Å²) in [5, 5.41) is 17.3. The van der Waals surface area contributed by atoms with Crippen LogP contribution in [0.3, 0.4) is 0 Å². The summed E-state index contributed by atoms with van der Waals surface area (Å²) >= 11 is 0. The van der Waals surface area contributed by atoms with Gasteiger partial charge in [-0.1, -0.05) is 36.3 Å². The van der Waals surface area contributed by atoms with Crippen molar-refractivity contribution in [2.45, 2.75) is 53.5 Å². The molecule has 0 saturated heterocycles. The maximum absolute atomic E-state index is 12.7. The molecule has 12 heteroatoms. The first-order valence-corrected chi connectivity index (χ1v) is 13.5. The number of carbonyl (C=O) groups is 1. The molecule has 3 heterocycles. The number of aryl methyl sites for hydroxylation is 3. The number of aromatic amines is 1. The van der Waals surface area contributed by atoms with E-state index in [2.05, 4.69) is 25.4 Å². The molecule has 3 aromatic heterocycles. The first-order chi connectivity index (χ1) is 19.7. The molecule has 216 valence electrons. The molecule has 0 radical (unpaired) electrons. The molecular formula is C29H35N7O5. The smallest absolute Gasteiger partial charge is 0.326 e. The molecule has 0 spiro atoms. The Hall–Kier alpha value is -4.74. The topological polar surface area (TPSA) is 159 Å². The van der Waals surface area contributed by atoms with Gasteiger partial charge in [0.2, 0.25) is 11.8 Å². The molecule has 4 aromatic rings. The van der Waals surface area contributed by atoms with E-state index in [1.807, 2.05) is 32.6 Å². The summed E-state index contributed by atoms with van der Waals surface area (Å²) in [4.78, 5) is 43.6. The van der Waals surface area contributed by atoms with Gasteiger partial charge in [0.25, 0.3) is 5.56 Å². The van der Waals surface area contributed by atoms with Crippen LogP contribution in [0.15, 0.2) is 39.8 Å². The Morgan fingerprint density at radius 3 is 2.39 bits per heavy atom. The summed E-state index contributed by atoms with van der Waals surface area (Å²) in [6.07, 6.45) is 2.39. The Labute approximate surface area is 237 Å². The van der Waals surface area contributed by atoms with Crippen molar-refractivity contribution in [3.05, 3.63) is 63.7 Å². The predicted octanol–water partition coefficient (Wildman–Crippen LogP) is 4.02. The van der Waals surface area contributed by atoms with Crippen LogP contribution in [0.25, 0.3) is 22.3 Å². The number of H-pyrrole nitrogens is 1. The highest BCUT2D eigenvalue weighted by molar-refractivity contribution is 5.83. The van der Waals surface area contributed by atoms with Crippen LogP contribution in [0.5, 0.6) is 5.88 Å². The van der Waals surface area contributed by atoms with Crippen LogP contribution in [-0.4, -0.2) is 62.4 Å². The fraction of sp³-hybridized carbons (Fsp3) is 0.379. The Morgan fingerprint density at radius 2 is 1.83 bits per heavy atom. The summed E-state index contributed by atoms with van der Waals surface area (Å²) in [6, 6.07) is 6.08. The second-order valence-electron chi connectivity index (χ2n) is 9.49. The normalized spacial score (nSPS) is 11.8. The molecule has 0 fully saturated rings. The number of carboxylic acids is 1. The minimum Gasteiger partial charge on any atom is -0.480 e. The first kappa shape index (κ1) is 29.2. The lowest BCUT2D eigenvalue weighted by molar-refractivity contribution is -0.137.